The molecule has 540 valence electrons. The number of benzene rings is 8. The van der Waals surface area contributed by atoms with Crippen LogP contribution in [0, 0.1) is 13.8 Å². The van der Waals surface area contributed by atoms with Gasteiger partial charge in [0.15, 0.2) is 33.6 Å². The van der Waals surface area contributed by atoms with Gasteiger partial charge in [-0.05, 0) is 88.3 Å². The number of amides is 2. The minimum atomic E-state index is -3.67. The molecule has 0 aliphatic carbocycles. The Morgan fingerprint density at radius 3 is 1.08 bits per heavy atom. The third-order valence-electron chi connectivity index (χ3n) is 17.1. The number of nitrogens with zero attached hydrogens (tertiary/aromatic N) is 4. The standard InChI is InChI=1S/2C38H37N3O5.2CH4O3S.H2O/c2*1-26-34(42)30-12-8-13-31(37(30)46-36(26)29-18-16-28(17-19-29)35(43)27-10-4-3-5-11-27)38(44)39-20-9-21-40-22-24-41(25-23-40)32-14-6-7-15-33(32)45-2;2*1-5(2,3)4;/h2*3-8,10-19H,9,20-25H2,1-2H3,(H,39,44);2*1H3,(H,2,3,4);1H2. The molecule has 2 saturated heterocycles. The number of rotatable bonds is 20. The zero-order valence-corrected chi connectivity index (χ0v) is 59.7. The molecule has 2 aromatic heterocycles. The third kappa shape index (κ3) is 21.2. The molecule has 2 amide bonds. The normalized spacial score (nSPS) is 13.2. The number of ether oxygens (including phenoxy) is 2. The van der Waals surface area contributed by atoms with Crippen LogP contribution in [0.15, 0.2) is 213 Å². The number of carbonyl (C=O) groups excluding carboxylic acids is 4. The number of hydrogen-bond acceptors (Lipinski definition) is 18. The smallest absolute Gasteiger partial charge is 0.261 e. The van der Waals surface area contributed by atoms with Gasteiger partial charge in [0.25, 0.3) is 32.1 Å². The maximum Gasteiger partial charge on any atom is 0.261 e. The van der Waals surface area contributed by atoms with Crippen molar-refractivity contribution >= 4 is 76.9 Å². The second kappa shape index (κ2) is 36.3. The van der Waals surface area contributed by atoms with Crippen molar-refractivity contribution in [2.24, 2.45) is 0 Å². The molecule has 0 bridgehead atoms. The first kappa shape index (κ1) is 78.1. The van der Waals surface area contributed by atoms with Crippen LogP contribution in [0.4, 0.5) is 11.4 Å². The van der Waals surface area contributed by atoms with Gasteiger partial charge in [-0.25, -0.2) is 0 Å². The molecule has 8 aromatic carbocycles. The fourth-order valence-corrected chi connectivity index (χ4v) is 12.0. The van der Waals surface area contributed by atoms with Crippen molar-refractivity contribution in [3.63, 3.8) is 0 Å². The number of ketones is 2. The Bertz CT molecular complexity index is 4620. The second-order valence-corrected chi connectivity index (χ2v) is 27.3. The van der Waals surface area contributed by atoms with Crippen molar-refractivity contribution in [3.8, 4) is 34.1 Å². The number of piperazine rings is 2. The van der Waals surface area contributed by atoms with E-state index in [9.17, 15) is 45.6 Å². The van der Waals surface area contributed by atoms with Crippen LogP contribution in [-0.2, 0) is 20.2 Å². The van der Waals surface area contributed by atoms with E-state index in [1.807, 2.05) is 72.8 Å². The highest BCUT2D eigenvalue weighted by atomic mass is 32.2. The van der Waals surface area contributed by atoms with E-state index < -0.39 is 20.2 Å². The van der Waals surface area contributed by atoms with E-state index in [-0.39, 0.29) is 50.9 Å². The molecule has 103 heavy (non-hydrogen) atoms. The maximum atomic E-state index is 13.4. The zero-order chi connectivity index (χ0) is 73.1. The minimum Gasteiger partial charge on any atom is -0.495 e. The summed E-state index contributed by atoms with van der Waals surface area (Å²) < 4.78 is 75.4. The van der Waals surface area contributed by atoms with Crippen LogP contribution in [0.5, 0.6) is 11.5 Å². The van der Waals surface area contributed by atoms with Gasteiger partial charge in [-0.15, -0.1) is 0 Å². The fraction of sp³-hybridized carbons (Fsp3) is 0.256. The van der Waals surface area contributed by atoms with Crippen LogP contribution >= 0.6 is 0 Å². The van der Waals surface area contributed by atoms with E-state index >= 15 is 0 Å². The Morgan fingerprint density at radius 1 is 0.437 bits per heavy atom. The lowest BCUT2D eigenvalue weighted by atomic mass is 9.99. The molecule has 23 nitrogen and oxygen atoms in total. The fourth-order valence-electron chi connectivity index (χ4n) is 12.0. The van der Waals surface area contributed by atoms with Crippen molar-refractivity contribution in [3.05, 3.63) is 259 Å². The van der Waals surface area contributed by atoms with Gasteiger partial charge in [0, 0.05) is 110 Å². The highest BCUT2D eigenvalue weighted by molar-refractivity contribution is 7.85. The molecular formula is C78H84N6O17S2. The minimum absolute atomic E-state index is 0. The summed E-state index contributed by atoms with van der Waals surface area (Å²) >= 11 is 0. The topological polar surface area (TPSA) is 324 Å². The van der Waals surface area contributed by atoms with E-state index in [0.717, 1.165) is 101 Å². The first-order valence-electron chi connectivity index (χ1n) is 33.0. The number of nitrogens with one attached hydrogen (secondary N) is 2. The molecule has 25 heteroatoms. The lowest BCUT2D eigenvalue weighted by molar-refractivity contribution is 0.0943. The molecule has 4 heterocycles. The highest BCUT2D eigenvalue weighted by Crippen LogP contribution is 2.33. The Morgan fingerprint density at radius 2 is 0.748 bits per heavy atom. The summed E-state index contributed by atoms with van der Waals surface area (Å²) in [6.07, 6.45) is 3.03. The van der Waals surface area contributed by atoms with Crippen LogP contribution in [0.2, 0.25) is 0 Å². The molecule has 10 aromatic rings. The molecule has 2 fully saturated rings. The largest absolute Gasteiger partial charge is 0.495 e. The molecule has 2 aliphatic heterocycles. The molecule has 0 unspecified atom stereocenters. The van der Waals surface area contributed by atoms with Gasteiger partial charge in [0.2, 0.25) is 0 Å². The lowest BCUT2D eigenvalue weighted by Gasteiger charge is -2.36. The van der Waals surface area contributed by atoms with Crippen molar-refractivity contribution in [2.75, 3.05) is 115 Å². The Labute approximate surface area is 598 Å². The van der Waals surface area contributed by atoms with Crippen molar-refractivity contribution in [2.45, 2.75) is 26.7 Å². The first-order chi connectivity index (χ1) is 48.9. The number of para-hydroxylation sites is 6. The third-order valence-corrected chi connectivity index (χ3v) is 17.1. The summed E-state index contributed by atoms with van der Waals surface area (Å²) in [5.74, 6) is 1.79. The Kier molecular flexibility index (Phi) is 27.5. The molecule has 12 rings (SSSR count). The molecule has 0 radical (unpaired) electrons. The first-order valence-corrected chi connectivity index (χ1v) is 36.7. The molecule has 2 aliphatic rings. The summed E-state index contributed by atoms with van der Waals surface area (Å²) in [6.45, 7) is 13.6. The molecule has 0 spiro atoms. The number of fused-ring (bicyclic) bond motifs is 2. The predicted molar refractivity (Wildman–Crippen MR) is 401 cm³/mol. The Hall–Kier alpha value is -10.6. The van der Waals surface area contributed by atoms with Gasteiger partial charge in [-0.2, -0.15) is 16.8 Å². The van der Waals surface area contributed by atoms with Crippen molar-refractivity contribution in [1.82, 2.24) is 20.4 Å². The molecule has 0 saturated carbocycles. The monoisotopic (exact) mass is 1440 g/mol. The number of carbonyl (C=O) groups is 4. The van der Waals surface area contributed by atoms with Crippen molar-refractivity contribution in [1.29, 1.82) is 0 Å². The van der Waals surface area contributed by atoms with E-state index in [1.165, 1.54) is 0 Å². The van der Waals surface area contributed by atoms with Crippen LogP contribution < -0.4 is 40.8 Å². The van der Waals surface area contributed by atoms with Gasteiger partial charge in [0.05, 0.1) is 60.0 Å². The van der Waals surface area contributed by atoms with Gasteiger partial charge >= 0.3 is 0 Å². The molecule has 0 atom stereocenters. The Balaban J connectivity index is 0.000000229. The average molecular weight is 1440 g/mol. The van der Waals surface area contributed by atoms with E-state index in [0.29, 0.717) is 104 Å². The maximum absolute atomic E-state index is 13.4. The molecular weight excluding hydrogens is 1360 g/mol. The number of hydrogen-bond donors (Lipinski definition) is 4. The van der Waals surface area contributed by atoms with Crippen LogP contribution in [0.3, 0.4) is 0 Å². The summed E-state index contributed by atoms with van der Waals surface area (Å²) in [6, 6.07) is 58.5. The van der Waals surface area contributed by atoms with E-state index in [1.54, 1.807) is 137 Å². The van der Waals surface area contributed by atoms with E-state index in [2.05, 4.69) is 42.4 Å². The van der Waals surface area contributed by atoms with Gasteiger partial charge < -0.3 is 44.2 Å². The highest BCUT2D eigenvalue weighted by Gasteiger charge is 2.25. The number of methoxy groups -OCH3 is 2. The van der Waals surface area contributed by atoms with Crippen molar-refractivity contribution < 1.29 is 68.9 Å². The summed E-state index contributed by atoms with van der Waals surface area (Å²) in [7, 11) is -3.93. The molecule has 6 N–H and O–H groups in total. The van der Waals surface area contributed by atoms with Gasteiger partial charge in [-0.3, -0.25) is 47.7 Å². The van der Waals surface area contributed by atoms with E-state index in [4.69, 9.17) is 27.4 Å². The van der Waals surface area contributed by atoms with Crippen LogP contribution in [-0.4, -0.2) is 170 Å². The SMILES string of the molecule is COc1ccccc1N1CCN(CCCNC(=O)c2cccc3c(=O)c(C)c(-c4ccc(C(=O)c5ccccc5)cc4)oc23)CC1.COc1ccccc1N1CCN(CCCNC(=O)c2cccc3c(=O)c(C)c(-c4ccc(C(=O)c5ccccc5)cc4)oc23)CC1.CS(=O)(=O)O.CS(=O)(=O)O.O. The van der Waals surface area contributed by atoms with Gasteiger partial charge in [-0.1, -0.05) is 146 Å². The van der Waals surface area contributed by atoms with Gasteiger partial charge in [0.1, 0.15) is 23.0 Å². The second-order valence-electron chi connectivity index (χ2n) is 24.4. The average Bonchev–Trinajstić information content (AvgIpc) is 0.770. The lowest BCUT2D eigenvalue weighted by Crippen LogP contribution is -2.47. The number of anilines is 2. The quantitative estimate of drug-likeness (QED) is 0.0313. The summed E-state index contributed by atoms with van der Waals surface area (Å²) in [4.78, 5) is 88.7. The van der Waals surface area contributed by atoms with Crippen LogP contribution in [0.25, 0.3) is 44.6 Å². The summed E-state index contributed by atoms with van der Waals surface area (Å²) in [5, 5.41) is 6.75. The summed E-state index contributed by atoms with van der Waals surface area (Å²) in [5.41, 5.74) is 7.46. The predicted octanol–water partition coefficient (Wildman–Crippen LogP) is 10.1. The zero-order valence-electron chi connectivity index (χ0n) is 58.1. The van der Waals surface area contributed by atoms with Crippen LogP contribution in [0.1, 0.15) is 76.5 Å².